The van der Waals surface area contributed by atoms with Crippen LogP contribution in [-0.2, 0) is 16.0 Å². The molecule has 0 saturated carbocycles. The van der Waals surface area contributed by atoms with Crippen molar-refractivity contribution >= 4 is 35.8 Å². The van der Waals surface area contributed by atoms with E-state index in [9.17, 15) is 9.59 Å². The van der Waals surface area contributed by atoms with Crippen molar-refractivity contribution in [2.45, 2.75) is 38.8 Å². The predicted molar refractivity (Wildman–Crippen MR) is 98.4 cm³/mol. The molecule has 7 heteroatoms. The Bertz CT molecular complexity index is 581. The fraction of sp³-hybridized carbons (Fsp3) is 0.529. The van der Waals surface area contributed by atoms with Gasteiger partial charge in [-0.25, -0.2) is 0 Å². The predicted octanol–water partition coefficient (Wildman–Crippen LogP) is 2.10. The molecule has 1 aliphatic heterocycles. The summed E-state index contributed by atoms with van der Waals surface area (Å²) in [6, 6.07) is 7.22. The summed E-state index contributed by atoms with van der Waals surface area (Å²) in [5, 5.41) is 0.634. The molecule has 0 aliphatic carbocycles. The molecule has 2 rings (SSSR count). The van der Waals surface area contributed by atoms with Crippen LogP contribution in [0.5, 0.6) is 0 Å². The highest BCUT2D eigenvalue weighted by atomic mass is 35.5. The van der Waals surface area contributed by atoms with E-state index in [-0.39, 0.29) is 36.3 Å². The van der Waals surface area contributed by atoms with Crippen molar-refractivity contribution in [2.75, 3.05) is 19.6 Å². The van der Waals surface area contributed by atoms with E-state index in [0.717, 1.165) is 5.56 Å². The van der Waals surface area contributed by atoms with Gasteiger partial charge in [-0.15, -0.1) is 12.4 Å². The summed E-state index contributed by atoms with van der Waals surface area (Å²) < 4.78 is 0. The quantitative estimate of drug-likeness (QED) is 0.878. The zero-order valence-electron chi connectivity index (χ0n) is 14.1. The maximum Gasteiger partial charge on any atom is 0.227 e. The van der Waals surface area contributed by atoms with Gasteiger partial charge in [0.25, 0.3) is 0 Å². The zero-order chi connectivity index (χ0) is 17.0. The van der Waals surface area contributed by atoms with Crippen LogP contribution < -0.4 is 5.73 Å². The molecule has 134 valence electrons. The fourth-order valence-corrected chi connectivity index (χ4v) is 3.10. The standard InChI is InChI=1S/C17H24ClN3O2.ClH/c1-12(19)8-16(22)20-6-7-21(13(2)11-20)17(23)10-14-4-3-5-15(18)9-14;/h3-5,9,12-13H,6-8,10-11,19H2,1-2H3;1H. The summed E-state index contributed by atoms with van der Waals surface area (Å²) in [6.07, 6.45) is 0.682. The molecule has 1 heterocycles. The lowest BCUT2D eigenvalue weighted by Crippen LogP contribution is -2.56. The number of benzene rings is 1. The van der Waals surface area contributed by atoms with E-state index in [0.29, 0.717) is 37.5 Å². The van der Waals surface area contributed by atoms with Gasteiger partial charge < -0.3 is 15.5 Å². The van der Waals surface area contributed by atoms with E-state index in [1.54, 1.807) is 11.0 Å². The SMILES string of the molecule is CC(N)CC(=O)N1CCN(C(=O)Cc2cccc(Cl)c2)C(C)C1.Cl. The molecule has 2 unspecified atom stereocenters. The average Bonchev–Trinajstić information content (AvgIpc) is 2.46. The first-order chi connectivity index (χ1) is 10.9. The van der Waals surface area contributed by atoms with Crippen LogP contribution in [0.2, 0.25) is 5.02 Å². The number of amides is 2. The van der Waals surface area contributed by atoms with Crippen molar-refractivity contribution in [2.24, 2.45) is 5.73 Å². The maximum absolute atomic E-state index is 12.5. The first-order valence-electron chi connectivity index (χ1n) is 7.94. The van der Waals surface area contributed by atoms with Gasteiger partial charge in [-0.2, -0.15) is 0 Å². The monoisotopic (exact) mass is 373 g/mol. The Morgan fingerprint density at radius 1 is 1.33 bits per heavy atom. The van der Waals surface area contributed by atoms with E-state index in [1.165, 1.54) is 0 Å². The number of halogens is 2. The van der Waals surface area contributed by atoms with Crippen LogP contribution >= 0.6 is 24.0 Å². The first-order valence-corrected chi connectivity index (χ1v) is 8.32. The van der Waals surface area contributed by atoms with E-state index in [4.69, 9.17) is 17.3 Å². The molecule has 1 aromatic rings. The second-order valence-corrected chi connectivity index (χ2v) is 6.70. The number of carbonyl (C=O) groups is 2. The normalized spacial score (nSPS) is 18.8. The van der Waals surface area contributed by atoms with Crippen molar-refractivity contribution in [3.63, 3.8) is 0 Å². The van der Waals surface area contributed by atoms with Crippen molar-refractivity contribution < 1.29 is 9.59 Å². The Kier molecular flexibility index (Phi) is 8.00. The minimum absolute atomic E-state index is 0. The highest BCUT2D eigenvalue weighted by molar-refractivity contribution is 6.30. The molecular formula is C17H25Cl2N3O2. The van der Waals surface area contributed by atoms with Crippen LogP contribution in [0, 0.1) is 0 Å². The Balaban J connectivity index is 0.00000288. The van der Waals surface area contributed by atoms with E-state index in [2.05, 4.69) is 0 Å². The smallest absolute Gasteiger partial charge is 0.227 e. The summed E-state index contributed by atoms with van der Waals surface area (Å²) in [7, 11) is 0. The molecule has 1 saturated heterocycles. The molecule has 1 aromatic carbocycles. The third kappa shape index (κ3) is 5.65. The molecule has 0 bridgehead atoms. The van der Waals surface area contributed by atoms with Crippen LogP contribution in [-0.4, -0.2) is 53.3 Å². The van der Waals surface area contributed by atoms with Crippen molar-refractivity contribution in [3.05, 3.63) is 34.9 Å². The number of rotatable bonds is 4. The van der Waals surface area contributed by atoms with Gasteiger partial charge in [0.15, 0.2) is 0 Å². The number of hydrogen-bond donors (Lipinski definition) is 1. The third-order valence-electron chi connectivity index (χ3n) is 4.04. The summed E-state index contributed by atoms with van der Waals surface area (Å²) in [5.41, 5.74) is 6.59. The lowest BCUT2D eigenvalue weighted by molar-refractivity contribution is -0.142. The Morgan fingerprint density at radius 3 is 2.62 bits per heavy atom. The minimum atomic E-state index is -0.139. The minimum Gasteiger partial charge on any atom is -0.339 e. The van der Waals surface area contributed by atoms with Gasteiger partial charge in [-0.05, 0) is 31.5 Å². The molecule has 5 nitrogen and oxygen atoms in total. The Labute approximate surface area is 154 Å². The van der Waals surface area contributed by atoms with Crippen LogP contribution in [0.25, 0.3) is 0 Å². The van der Waals surface area contributed by atoms with Crippen molar-refractivity contribution in [1.29, 1.82) is 0 Å². The number of hydrogen-bond acceptors (Lipinski definition) is 3. The van der Waals surface area contributed by atoms with Gasteiger partial charge in [-0.1, -0.05) is 23.7 Å². The third-order valence-corrected chi connectivity index (χ3v) is 4.28. The number of carbonyl (C=O) groups excluding carboxylic acids is 2. The maximum atomic E-state index is 12.5. The molecule has 0 radical (unpaired) electrons. The molecule has 1 fully saturated rings. The summed E-state index contributed by atoms with van der Waals surface area (Å²) in [5.74, 6) is 0.132. The van der Waals surface area contributed by atoms with Gasteiger partial charge in [0.2, 0.25) is 11.8 Å². The molecular weight excluding hydrogens is 349 g/mol. The fourth-order valence-electron chi connectivity index (χ4n) is 2.88. The molecule has 2 amide bonds. The lowest BCUT2D eigenvalue weighted by Gasteiger charge is -2.40. The first kappa shape index (κ1) is 20.7. The van der Waals surface area contributed by atoms with Crippen LogP contribution in [0.15, 0.2) is 24.3 Å². The Hall–Kier alpha value is -1.30. The van der Waals surface area contributed by atoms with Gasteiger partial charge >= 0.3 is 0 Å². The van der Waals surface area contributed by atoms with Crippen LogP contribution in [0.1, 0.15) is 25.8 Å². The molecule has 2 atom stereocenters. The van der Waals surface area contributed by atoms with Crippen LogP contribution in [0.4, 0.5) is 0 Å². The van der Waals surface area contributed by atoms with Crippen molar-refractivity contribution in [3.8, 4) is 0 Å². The number of piperazine rings is 1. The molecule has 24 heavy (non-hydrogen) atoms. The molecule has 2 N–H and O–H groups in total. The van der Waals surface area contributed by atoms with Gasteiger partial charge in [-0.3, -0.25) is 9.59 Å². The largest absolute Gasteiger partial charge is 0.339 e. The summed E-state index contributed by atoms with van der Waals surface area (Å²) in [6.45, 7) is 5.49. The second-order valence-electron chi connectivity index (χ2n) is 6.26. The van der Waals surface area contributed by atoms with Gasteiger partial charge in [0.1, 0.15) is 0 Å². The molecule has 0 aromatic heterocycles. The van der Waals surface area contributed by atoms with E-state index in [1.807, 2.05) is 36.9 Å². The highest BCUT2D eigenvalue weighted by Crippen LogP contribution is 2.15. The van der Waals surface area contributed by atoms with E-state index >= 15 is 0 Å². The van der Waals surface area contributed by atoms with Crippen LogP contribution in [0.3, 0.4) is 0 Å². The zero-order valence-corrected chi connectivity index (χ0v) is 15.6. The lowest BCUT2D eigenvalue weighted by atomic mass is 10.1. The molecule has 0 spiro atoms. The molecule has 1 aliphatic rings. The summed E-state index contributed by atoms with van der Waals surface area (Å²) >= 11 is 5.96. The van der Waals surface area contributed by atoms with Gasteiger partial charge in [0, 0.05) is 43.2 Å². The second kappa shape index (κ2) is 9.25. The van der Waals surface area contributed by atoms with E-state index < -0.39 is 0 Å². The van der Waals surface area contributed by atoms with Crippen molar-refractivity contribution in [1.82, 2.24) is 9.80 Å². The topological polar surface area (TPSA) is 66.6 Å². The average molecular weight is 374 g/mol. The number of nitrogens with two attached hydrogens (primary N) is 1. The number of nitrogens with zero attached hydrogens (tertiary/aromatic N) is 2. The van der Waals surface area contributed by atoms with Gasteiger partial charge in [0.05, 0.1) is 6.42 Å². The highest BCUT2D eigenvalue weighted by Gasteiger charge is 2.29. The Morgan fingerprint density at radius 2 is 2.04 bits per heavy atom. The summed E-state index contributed by atoms with van der Waals surface area (Å²) in [4.78, 5) is 28.2.